The van der Waals surface area contributed by atoms with E-state index in [2.05, 4.69) is 16.0 Å². The molecule has 1 aromatic heterocycles. The molecule has 1 aliphatic carbocycles. The molecule has 21 heavy (non-hydrogen) atoms. The Morgan fingerprint density at radius 2 is 2.10 bits per heavy atom. The fourth-order valence-corrected chi connectivity index (χ4v) is 2.52. The summed E-state index contributed by atoms with van der Waals surface area (Å²) in [4.78, 5) is 23.4. The summed E-state index contributed by atoms with van der Waals surface area (Å²) in [6, 6.07) is 3.35. The molecule has 1 aromatic rings. The minimum atomic E-state index is -0.403. The van der Waals surface area contributed by atoms with Crippen molar-refractivity contribution in [3.8, 4) is 0 Å². The van der Waals surface area contributed by atoms with Crippen LogP contribution in [0.3, 0.4) is 0 Å². The van der Waals surface area contributed by atoms with E-state index >= 15 is 0 Å². The van der Waals surface area contributed by atoms with Gasteiger partial charge < -0.3 is 9.73 Å². The van der Waals surface area contributed by atoms with Gasteiger partial charge in [0.1, 0.15) is 5.76 Å². The molecule has 6 heteroatoms. The third kappa shape index (κ3) is 5.23. The number of amides is 3. The minimum Gasteiger partial charge on any atom is -0.468 e. The predicted molar refractivity (Wildman–Crippen MR) is 78.7 cm³/mol. The first-order chi connectivity index (χ1) is 10.1. The first kappa shape index (κ1) is 15.6. The van der Waals surface area contributed by atoms with E-state index in [1.807, 2.05) is 13.0 Å². The fourth-order valence-electron chi connectivity index (χ4n) is 2.52. The molecule has 1 aliphatic rings. The Kier molecular flexibility index (Phi) is 5.80. The van der Waals surface area contributed by atoms with Crippen LogP contribution < -0.4 is 16.0 Å². The Bertz CT molecular complexity index is 453. The molecule has 6 nitrogen and oxygen atoms in total. The first-order valence-corrected chi connectivity index (χ1v) is 7.52. The van der Waals surface area contributed by atoms with Gasteiger partial charge in [0.2, 0.25) is 5.91 Å². The summed E-state index contributed by atoms with van der Waals surface area (Å²) >= 11 is 0. The van der Waals surface area contributed by atoms with Gasteiger partial charge in [0, 0.05) is 6.04 Å². The van der Waals surface area contributed by atoms with Crippen molar-refractivity contribution in [3.05, 3.63) is 24.2 Å². The Morgan fingerprint density at radius 3 is 2.76 bits per heavy atom. The molecule has 0 aliphatic heterocycles. The van der Waals surface area contributed by atoms with Crippen LogP contribution in [0.2, 0.25) is 0 Å². The zero-order chi connectivity index (χ0) is 15.1. The van der Waals surface area contributed by atoms with Gasteiger partial charge in [-0.1, -0.05) is 19.3 Å². The molecule has 1 heterocycles. The van der Waals surface area contributed by atoms with Crippen molar-refractivity contribution < 1.29 is 14.0 Å². The summed E-state index contributed by atoms with van der Waals surface area (Å²) in [6.07, 6.45) is 7.09. The summed E-state index contributed by atoms with van der Waals surface area (Å²) in [7, 11) is 0. The van der Waals surface area contributed by atoms with Crippen molar-refractivity contribution >= 4 is 11.9 Å². The topological polar surface area (TPSA) is 83.4 Å². The van der Waals surface area contributed by atoms with E-state index in [9.17, 15) is 9.59 Å². The number of nitrogens with one attached hydrogen (secondary N) is 3. The van der Waals surface area contributed by atoms with Gasteiger partial charge in [-0.25, -0.2) is 4.79 Å². The quantitative estimate of drug-likeness (QED) is 0.776. The number of carbonyl (C=O) groups excluding carboxylic acids is 2. The molecule has 0 radical (unpaired) electrons. The van der Waals surface area contributed by atoms with Crippen LogP contribution in [0.25, 0.3) is 0 Å². The molecule has 0 unspecified atom stereocenters. The smallest absolute Gasteiger partial charge is 0.321 e. The Morgan fingerprint density at radius 1 is 1.33 bits per heavy atom. The molecule has 116 valence electrons. The molecule has 1 atom stereocenters. The standard InChI is InChI=1S/C15H23N3O3/c1-11(13-8-5-9-21-13)16-10-14(19)18-15(20)17-12-6-3-2-4-7-12/h5,8-9,11-12,16H,2-4,6-7,10H2,1H3,(H2,17,18,19,20)/t11-/m1/s1. The molecule has 3 N–H and O–H groups in total. The van der Waals surface area contributed by atoms with E-state index in [1.54, 1.807) is 12.3 Å². The van der Waals surface area contributed by atoms with E-state index in [1.165, 1.54) is 6.42 Å². The summed E-state index contributed by atoms with van der Waals surface area (Å²) in [5.74, 6) is 0.413. The second-order valence-electron chi connectivity index (χ2n) is 5.47. The molecule has 1 saturated carbocycles. The van der Waals surface area contributed by atoms with Crippen LogP contribution in [0.15, 0.2) is 22.8 Å². The highest BCUT2D eigenvalue weighted by Gasteiger charge is 2.17. The maximum Gasteiger partial charge on any atom is 0.321 e. The Hall–Kier alpha value is -1.82. The third-order valence-electron chi connectivity index (χ3n) is 3.73. The first-order valence-electron chi connectivity index (χ1n) is 7.52. The number of urea groups is 1. The molecule has 0 spiro atoms. The van der Waals surface area contributed by atoms with E-state index in [0.29, 0.717) is 0 Å². The van der Waals surface area contributed by atoms with Crippen molar-refractivity contribution in [1.29, 1.82) is 0 Å². The highest BCUT2D eigenvalue weighted by atomic mass is 16.3. The lowest BCUT2D eigenvalue weighted by Crippen LogP contribution is -2.47. The van der Waals surface area contributed by atoms with Crippen LogP contribution in [0.4, 0.5) is 4.79 Å². The van der Waals surface area contributed by atoms with Gasteiger partial charge in [0.15, 0.2) is 0 Å². The van der Waals surface area contributed by atoms with Crippen LogP contribution in [0.1, 0.15) is 50.8 Å². The molecule has 2 rings (SSSR count). The fraction of sp³-hybridized carbons (Fsp3) is 0.600. The van der Waals surface area contributed by atoms with Gasteiger partial charge in [0.05, 0.1) is 18.8 Å². The van der Waals surface area contributed by atoms with E-state index < -0.39 is 6.03 Å². The van der Waals surface area contributed by atoms with Gasteiger partial charge in [0.25, 0.3) is 0 Å². The summed E-state index contributed by atoms with van der Waals surface area (Å²) in [6.45, 7) is 1.97. The average Bonchev–Trinajstić information content (AvgIpc) is 3.00. The van der Waals surface area contributed by atoms with Gasteiger partial charge in [-0.05, 0) is 31.9 Å². The zero-order valence-corrected chi connectivity index (χ0v) is 12.4. The second kappa shape index (κ2) is 7.83. The number of hydrogen-bond acceptors (Lipinski definition) is 4. The van der Waals surface area contributed by atoms with Crippen molar-refractivity contribution in [2.75, 3.05) is 6.54 Å². The Balaban J connectivity index is 1.65. The largest absolute Gasteiger partial charge is 0.468 e. The highest BCUT2D eigenvalue weighted by Crippen LogP contribution is 2.17. The van der Waals surface area contributed by atoms with Crippen LogP contribution in [0, 0.1) is 0 Å². The highest BCUT2D eigenvalue weighted by molar-refractivity contribution is 5.95. The normalized spacial score (nSPS) is 17.2. The second-order valence-corrected chi connectivity index (χ2v) is 5.47. The molecular weight excluding hydrogens is 270 g/mol. The zero-order valence-electron chi connectivity index (χ0n) is 12.4. The maximum absolute atomic E-state index is 11.7. The lowest BCUT2D eigenvalue weighted by atomic mass is 9.96. The lowest BCUT2D eigenvalue weighted by molar-refractivity contribution is -0.119. The van der Waals surface area contributed by atoms with Gasteiger partial charge in [-0.2, -0.15) is 0 Å². The van der Waals surface area contributed by atoms with E-state index in [-0.39, 0.29) is 24.5 Å². The van der Waals surface area contributed by atoms with Crippen LogP contribution in [-0.2, 0) is 4.79 Å². The maximum atomic E-state index is 11.7. The molecule has 0 aromatic carbocycles. The van der Waals surface area contributed by atoms with Crippen molar-refractivity contribution in [3.63, 3.8) is 0 Å². The van der Waals surface area contributed by atoms with Gasteiger partial charge >= 0.3 is 6.03 Å². The van der Waals surface area contributed by atoms with Gasteiger partial charge in [-0.3, -0.25) is 15.4 Å². The molecular formula is C15H23N3O3. The number of furan rings is 1. The van der Waals surface area contributed by atoms with Crippen molar-refractivity contribution in [2.45, 2.75) is 51.1 Å². The minimum absolute atomic E-state index is 0.0694. The SMILES string of the molecule is C[C@@H](NCC(=O)NC(=O)NC1CCCCC1)c1ccco1. The van der Waals surface area contributed by atoms with E-state index in [4.69, 9.17) is 4.42 Å². The van der Waals surface area contributed by atoms with Crippen molar-refractivity contribution in [1.82, 2.24) is 16.0 Å². The summed E-state index contributed by atoms with van der Waals surface area (Å²) in [5.41, 5.74) is 0. The van der Waals surface area contributed by atoms with Gasteiger partial charge in [-0.15, -0.1) is 0 Å². The lowest BCUT2D eigenvalue weighted by Gasteiger charge is -2.22. The van der Waals surface area contributed by atoms with E-state index in [0.717, 1.165) is 31.4 Å². The number of hydrogen-bond donors (Lipinski definition) is 3. The monoisotopic (exact) mass is 293 g/mol. The summed E-state index contributed by atoms with van der Waals surface area (Å²) in [5, 5.41) is 8.20. The summed E-state index contributed by atoms with van der Waals surface area (Å²) < 4.78 is 5.24. The third-order valence-corrected chi connectivity index (χ3v) is 3.73. The molecule has 0 saturated heterocycles. The Labute approximate surface area is 124 Å². The van der Waals surface area contributed by atoms with Crippen molar-refractivity contribution in [2.24, 2.45) is 0 Å². The predicted octanol–water partition coefficient (Wildman–Crippen LogP) is 2.09. The molecule has 0 bridgehead atoms. The molecule has 3 amide bonds. The number of carbonyl (C=O) groups is 2. The van der Waals surface area contributed by atoms with Crippen LogP contribution in [0.5, 0.6) is 0 Å². The average molecular weight is 293 g/mol. The van der Waals surface area contributed by atoms with Crippen LogP contribution in [-0.4, -0.2) is 24.5 Å². The number of rotatable bonds is 5. The molecule has 1 fully saturated rings. The van der Waals surface area contributed by atoms with Crippen LogP contribution >= 0.6 is 0 Å². The number of imide groups is 1.